The van der Waals surface area contributed by atoms with Crippen LogP contribution in [0, 0.1) is 0 Å². The Morgan fingerprint density at radius 1 is 1.40 bits per heavy atom. The highest BCUT2D eigenvalue weighted by Crippen LogP contribution is 2.34. The molecule has 1 aromatic rings. The average Bonchev–Trinajstić information content (AvgIpc) is 2.86. The minimum atomic E-state index is -2.04. The van der Waals surface area contributed by atoms with Gasteiger partial charge in [-0.15, -0.1) is 0 Å². The first kappa shape index (κ1) is 15.3. The number of rotatable bonds is 2. The maximum absolute atomic E-state index is 10.7. The monoisotopic (exact) mass is 287 g/mol. The number of aromatic amines is 1. The van der Waals surface area contributed by atoms with Crippen LogP contribution in [0.2, 0.25) is 0 Å². The lowest BCUT2D eigenvalue weighted by Crippen LogP contribution is -2.62. The molecule has 1 aromatic heterocycles. The lowest BCUT2D eigenvalue weighted by atomic mass is 9.84. The fourth-order valence-corrected chi connectivity index (χ4v) is 2.18. The maximum Gasteiger partial charge on any atom is 0.180 e. The van der Waals surface area contributed by atoms with E-state index in [1.165, 1.54) is 0 Å². The van der Waals surface area contributed by atoms with Crippen LogP contribution in [0.15, 0.2) is 0 Å². The predicted molar refractivity (Wildman–Crippen MR) is 67.8 cm³/mol. The van der Waals surface area contributed by atoms with Crippen molar-refractivity contribution in [1.29, 1.82) is 0 Å². The molecule has 2 heterocycles. The van der Waals surface area contributed by atoms with Gasteiger partial charge in [0.05, 0.1) is 13.2 Å². The number of H-pyrrole nitrogens is 1. The fourth-order valence-electron chi connectivity index (χ4n) is 2.18. The van der Waals surface area contributed by atoms with Crippen LogP contribution in [0.4, 0.5) is 0 Å². The van der Waals surface area contributed by atoms with Crippen molar-refractivity contribution in [2.75, 3.05) is 13.2 Å². The van der Waals surface area contributed by atoms with Crippen LogP contribution in [0.25, 0.3) is 0 Å². The molecule has 0 saturated carbocycles. The summed E-state index contributed by atoms with van der Waals surface area (Å²) in [6.07, 6.45) is -3.90. The molecule has 5 N–H and O–H groups in total. The molecule has 0 bridgehead atoms. The molecule has 8 heteroatoms. The minimum absolute atomic E-state index is 0.0345. The number of hydrogen-bond acceptors (Lipinski definition) is 7. The van der Waals surface area contributed by atoms with Crippen molar-refractivity contribution in [3.8, 4) is 0 Å². The van der Waals surface area contributed by atoms with E-state index < -0.39 is 30.5 Å². The Hall–Kier alpha value is -1.06. The molecule has 4 atom stereocenters. The molecule has 20 heavy (non-hydrogen) atoms. The number of aliphatic hydroxyl groups excluding tert-OH is 3. The lowest BCUT2D eigenvalue weighted by Gasteiger charge is -2.43. The Balaban J connectivity index is 2.42. The van der Waals surface area contributed by atoms with Crippen LogP contribution in [0.1, 0.15) is 32.4 Å². The summed E-state index contributed by atoms with van der Waals surface area (Å²) in [6, 6.07) is 0. The Labute approximate surface area is 116 Å². The third kappa shape index (κ3) is 2.33. The molecule has 8 nitrogen and oxygen atoms in total. The number of ether oxygens (including phenoxy) is 1. The summed E-state index contributed by atoms with van der Waals surface area (Å²) >= 11 is 0. The maximum atomic E-state index is 10.7. The van der Waals surface area contributed by atoms with Gasteiger partial charge < -0.3 is 25.2 Å². The molecular weight excluding hydrogens is 266 g/mol. The largest absolute Gasteiger partial charge is 0.394 e. The molecule has 0 amide bonds. The first-order chi connectivity index (χ1) is 9.21. The molecule has 2 rings (SSSR count). The van der Waals surface area contributed by atoms with Gasteiger partial charge in [-0.2, -0.15) is 5.10 Å². The van der Waals surface area contributed by atoms with E-state index in [9.17, 15) is 20.4 Å². The van der Waals surface area contributed by atoms with Crippen LogP contribution in [-0.2, 0) is 15.8 Å². The highest BCUT2D eigenvalue weighted by atomic mass is 16.5. The van der Waals surface area contributed by atoms with Gasteiger partial charge in [-0.25, -0.2) is 4.98 Å². The number of nitrogens with one attached hydrogen (secondary N) is 1. The van der Waals surface area contributed by atoms with Gasteiger partial charge in [-0.3, -0.25) is 5.10 Å². The zero-order valence-electron chi connectivity index (χ0n) is 11.7. The van der Waals surface area contributed by atoms with Crippen molar-refractivity contribution >= 4 is 0 Å². The SMILES string of the molecule is CC(C)(C)c1n[nH]c([C@@]2(O)[C@H](O)[C@@H](O)CO[C@@H]2CO)n1. The summed E-state index contributed by atoms with van der Waals surface area (Å²) in [5, 5.41) is 46.3. The van der Waals surface area contributed by atoms with Gasteiger partial charge in [0.1, 0.15) is 18.3 Å². The number of hydrogen-bond donors (Lipinski definition) is 5. The third-order valence-electron chi connectivity index (χ3n) is 3.48. The molecule has 0 unspecified atom stereocenters. The number of aliphatic hydroxyl groups is 4. The predicted octanol–water partition coefficient (Wildman–Crippen LogP) is -1.60. The Morgan fingerprint density at radius 3 is 2.55 bits per heavy atom. The second-order valence-corrected chi connectivity index (χ2v) is 6.10. The molecule has 114 valence electrons. The van der Waals surface area contributed by atoms with Crippen LogP contribution in [0.5, 0.6) is 0 Å². The number of nitrogens with zero attached hydrogens (tertiary/aromatic N) is 2. The van der Waals surface area contributed by atoms with Crippen molar-refractivity contribution in [3.63, 3.8) is 0 Å². The minimum Gasteiger partial charge on any atom is -0.394 e. The molecule has 0 aliphatic carbocycles. The van der Waals surface area contributed by atoms with Crippen LogP contribution < -0.4 is 0 Å². The van der Waals surface area contributed by atoms with Gasteiger partial charge in [0.15, 0.2) is 17.2 Å². The van der Waals surface area contributed by atoms with E-state index in [0.29, 0.717) is 5.82 Å². The van der Waals surface area contributed by atoms with E-state index in [-0.39, 0.29) is 17.8 Å². The molecule has 1 aliphatic rings. The molecule has 0 spiro atoms. The van der Waals surface area contributed by atoms with E-state index in [4.69, 9.17) is 4.74 Å². The van der Waals surface area contributed by atoms with Crippen LogP contribution in [-0.4, -0.2) is 67.1 Å². The topological polar surface area (TPSA) is 132 Å². The molecule has 1 fully saturated rings. The first-order valence-electron chi connectivity index (χ1n) is 6.45. The van der Waals surface area contributed by atoms with E-state index in [0.717, 1.165) is 0 Å². The first-order valence-corrected chi connectivity index (χ1v) is 6.45. The van der Waals surface area contributed by atoms with E-state index in [1.54, 1.807) is 0 Å². The highest BCUT2D eigenvalue weighted by Gasteiger charge is 2.54. The summed E-state index contributed by atoms with van der Waals surface area (Å²) in [4.78, 5) is 4.18. The zero-order valence-corrected chi connectivity index (χ0v) is 11.7. The standard InChI is InChI=1S/C12H21N3O5/c1-11(2,3)9-13-10(15-14-9)12(19)7(4-16)20-5-6(17)8(12)18/h6-8,16-19H,4-5H2,1-3H3,(H,13,14,15)/t6-,7+,8+,12-/m0/s1. The number of aromatic nitrogens is 3. The quantitative estimate of drug-likeness (QED) is 0.442. The van der Waals surface area contributed by atoms with Crippen molar-refractivity contribution in [2.45, 2.75) is 50.1 Å². The summed E-state index contributed by atoms with van der Waals surface area (Å²) < 4.78 is 5.18. The average molecular weight is 287 g/mol. The van der Waals surface area contributed by atoms with Gasteiger partial charge in [-0.05, 0) is 0 Å². The molecule has 1 saturated heterocycles. The second-order valence-electron chi connectivity index (χ2n) is 6.10. The molecular formula is C12H21N3O5. The smallest absolute Gasteiger partial charge is 0.180 e. The summed E-state index contributed by atoms with van der Waals surface area (Å²) in [7, 11) is 0. The lowest BCUT2D eigenvalue weighted by molar-refractivity contribution is -0.258. The third-order valence-corrected chi connectivity index (χ3v) is 3.48. The van der Waals surface area contributed by atoms with E-state index in [2.05, 4.69) is 15.2 Å². The van der Waals surface area contributed by atoms with Crippen molar-refractivity contribution in [2.24, 2.45) is 0 Å². The van der Waals surface area contributed by atoms with Gasteiger partial charge >= 0.3 is 0 Å². The highest BCUT2D eigenvalue weighted by molar-refractivity contribution is 5.15. The zero-order chi connectivity index (χ0) is 15.1. The van der Waals surface area contributed by atoms with Gasteiger partial charge in [0.2, 0.25) is 0 Å². The van der Waals surface area contributed by atoms with Crippen LogP contribution in [0.3, 0.4) is 0 Å². The Morgan fingerprint density at radius 2 is 2.05 bits per heavy atom. The summed E-state index contributed by atoms with van der Waals surface area (Å²) in [5.41, 5.74) is -2.39. The van der Waals surface area contributed by atoms with Crippen LogP contribution >= 0.6 is 0 Å². The van der Waals surface area contributed by atoms with E-state index >= 15 is 0 Å². The Bertz CT molecular complexity index is 468. The molecule has 1 aliphatic heterocycles. The van der Waals surface area contributed by atoms with E-state index in [1.807, 2.05) is 20.8 Å². The van der Waals surface area contributed by atoms with Gasteiger partial charge in [0.25, 0.3) is 0 Å². The van der Waals surface area contributed by atoms with Gasteiger partial charge in [0, 0.05) is 5.41 Å². The normalized spacial score (nSPS) is 35.2. The van der Waals surface area contributed by atoms with Gasteiger partial charge in [-0.1, -0.05) is 20.8 Å². The molecule has 0 aromatic carbocycles. The fraction of sp³-hybridized carbons (Fsp3) is 0.833. The Kier molecular flexibility index (Phi) is 3.87. The van der Waals surface area contributed by atoms with Crippen molar-refractivity contribution < 1.29 is 25.2 Å². The van der Waals surface area contributed by atoms with Crippen molar-refractivity contribution in [1.82, 2.24) is 15.2 Å². The van der Waals surface area contributed by atoms with Crippen molar-refractivity contribution in [3.05, 3.63) is 11.6 Å². The summed E-state index contributed by atoms with van der Waals surface area (Å²) in [6.45, 7) is 5.00. The summed E-state index contributed by atoms with van der Waals surface area (Å²) in [5.74, 6) is 0.414. The molecule has 0 radical (unpaired) electrons. The second kappa shape index (κ2) is 5.05.